The van der Waals surface area contributed by atoms with Crippen molar-refractivity contribution < 1.29 is 4.79 Å². The van der Waals surface area contributed by atoms with Crippen LogP contribution in [-0.4, -0.2) is 26.2 Å². The third kappa shape index (κ3) is 1.89. The van der Waals surface area contributed by atoms with Gasteiger partial charge in [0.05, 0.1) is 11.1 Å². The van der Waals surface area contributed by atoms with Crippen LogP contribution >= 0.6 is 0 Å². The van der Waals surface area contributed by atoms with Crippen LogP contribution < -0.4 is 0 Å². The maximum absolute atomic E-state index is 11.0. The summed E-state index contributed by atoms with van der Waals surface area (Å²) in [5, 5.41) is 0.815. The summed E-state index contributed by atoms with van der Waals surface area (Å²) >= 11 is 0. The Morgan fingerprint density at radius 3 is 2.74 bits per heavy atom. The highest BCUT2D eigenvalue weighted by Gasteiger charge is 2.12. The van der Waals surface area contributed by atoms with Gasteiger partial charge in [-0.1, -0.05) is 6.92 Å². The maximum atomic E-state index is 11.0. The summed E-state index contributed by atoms with van der Waals surface area (Å²) in [6, 6.07) is 3.73. The van der Waals surface area contributed by atoms with E-state index < -0.39 is 0 Å². The number of nitrogens with one attached hydrogen (secondary N) is 1. The number of H-pyrrole nitrogens is 1. The largest absolute Gasteiger partial charge is 0.345 e. The first-order valence-electron chi connectivity index (χ1n) is 6.07. The number of aromatic amines is 1. The molecule has 3 rings (SSSR count). The summed E-state index contributed by atoms with van der Waals surface area (Å²) in [6.07, 6.45) is 6.66. The van der Waals surface area contributed by atoms with Gasteiger partial charge in [-0.15, -0.1) is 0 Å². The molecule has 0 bridgehead atoms. The number of hydrogen-bond acceptors (Lipinski definition) is 4. The van der Waals surface area contributed by atoms with Crippen molar-refractivity contribution in [3.8, 4) is 11.4 Å². The second-order valence-electron chi connectivity index (χ2n) is 4.17. The van der Waals surface area contributed by atoms with Gasteiger partial charge in [-0.3, -0.25) is 9.78 Å². The topological polar surface area (TPSA) is 71.5 Å². The second kappa shape index (κ2) is 4.61. The van der Waals surface area contributed by atoms with E-state index in [1.165, 1.54) is 0 Å². The molecule has 19 heavy (non-hydrogen) atoms. The molecule has 0 amide bonds. The van der Waals surface area contributed by atoms with E-state index in [0.29, 0.717) is 17.0 Å². The Balaban J connectivity index is 2.27. The lowest BCUT2D eigenvalue weighted by Crippen LogP contribution is -1.97. The molecule has 5 heteroatoms. The predicted octanol–water partition coefficient (Wildman–Crippen LogP) is 2.39. The van der Waals surface area contributed by atoms with E-state index in [-0.39, 0.29) is 0 Å². The van der Waals surface area contributed by atoms with Gasteiger partial charge in [-0.25, -0.2) is 9.97 Å². The standard InChI is InChI=1S/C14H12N4O/c1-2-11-12-10(8-19)7-16-14(12)18-13(17-11)9-3-5-15-6-4-9/h3-8H,2H2,1H3,(H,16,17,18). The molecule has 5 nitrogen and oxygen atoms in total. The van der Waals surface area contributed by atoms with Gasteiger partial charge >= 0.3 is 0 Å². The molecule has 0 fully saturated rings. The molecule has 0 saturated heterocycles. The Morgan fingerprint density at radius 2 is 2.05 bits per heavy atom. The molecule has 0 aliphatic rings. The minimum Gasteiger partial charge on any atom is -0.345 e. The molecule has 0 aromatic carbocycles. The van der Waals surface area contributed by atoms with Crippen molar-refractivity contribution in [1.29, 1.82) is 0 Å². The number of nitrogens with zero attached hydrogens (tertiary/aromatic N) is 3. The summed E-state index contributed by atoms with van der Waals surface area (Å²) < 4.78 is 0. The first-order chi connectivity index (χ1) is 9.33. The molecular weight excluding hydrogens is 240 g/mol. The quantitative estimate of drug-likeness (QED) is 0.726. The summed E-state index contributed by atoms with van der Waals surface area (Å²) in [6.45, 7) is 2.01. The zero-order valence-corrected chi connectivity index (χ0v) is 10.4. The van der Waals surface area contributed by atoms with Crippen LogP contribution in [0.5, 0.6) is 0 Å². The Labute approximate surface area is 109 Å². The summed E-state index contributed by atoms with van der Waals surface area (Å²) in [4.78, 5) is 27.1. The Bertz CT molecular complexity index is 734. The maximum Gasteiger partial charge on any atom is 0.161 e. The van der Waals surface area contributed by atoms with E-state index >= 15 is 0 Å². The summed E-state index contributed by atoms with van der Waals surface area (Å²) in [5.74, 6) is 0.644. The molecule has 3 aromatic rings. The number of aryl methyl sites for hydroxylation is 1. The van der Waals surface area contributed by atoms with Gasteiger partial charge in [0.2, 0.25) is 0 Å². The van der Waals surface area contributed by atoms with E-state index in [9.17, 15) is 4.79 Å². The molecular formula is C14H12N4O. The molecule has 0 spiro atoms. The third-order valence-corrected chi connectivity index (χ3v) is 3.04. The van der Waals surface area contributed by atoms with Crippen LogP contribution in [0.3, 0.4) is 0 Å². The van der Waals surface area contributed by atoms with Crippen LogP contribution in [0, 0.1) is 0 Å². The van der Waals surface area contributed by atoms with Crippen molar-refractivity contribution in [1.82, 2.24) is 19.9 Å². The molecule has 0 atom stereocenters. The number of aldehydes is 1. The molecule has 3 aromatic heterocycles. The highest BCUT2D eigenvalue weighted by Crippen LogP contribution is 2.23. The molecule has 0 saturated carbocycles. The first-order valence-corrected chi connectivity index (χ1v) is 6.07. The van der Waals surface area contributed by atoms with Gasteiger partial charge in [0.15, 0.2) is 12.1 Å². The molecule has 0 aliphatic carbocycles. The number of carbonyl (C=O) groups is 1. The molecule has 94 valence electrons. The average molecular weight is 252 g/mol. The number of aromatic nitrogens is 4. The van der Waals surface area contributed by atoms with Gasteiger partial charge < -0.3 is 4.98 Å². The summed E-state index contributed by atoms with van der Waals surface area (Å²) in [7, 11) is 0. The van der Waals surface area contributed by atoms with E-state index in [1.54, 1.807) is 18.6 Å². The van der Waals surface area contributed by atoms with Crippen LogP contribution in [0.2, 0.25) is 0 Å². The van der Waals surface area contributed by atoms with Crippen LogP contribution in [0.1, 0.15) is 23.0 Å². The fraction of sp³-hybridized carbons (Fsp3) is 0.143. The minimum absolute atomic E-state index is 0.605. The van der Waals surface area contributed by atoms with Crippen molar-refractivity contribution >= 4 is 17.3 Å². The molecule has 0 unspecified atom stereocenters. The van der Waals surface area contributed by atoms with Crippen molar-refractivity contribution in [2.45, 2.75) is 13.3 Å². The zero-order valence-electron chi connectivity index (χ0n) is 10.4. The minimum atomic E-state index is 0.605. The van der Waals surface area contributed by atoms with E-state index in [1.807, 2.05) is 19.1 Å². The van der Waals surface area contributed by atoms with Gasteiger partial charge in [-0.05, 0) is 18.6 Å². The number of hydrogen-bond donors (Lipinski definition) is 1. The molecule has 0 aliphatic heterocycles. The number of carbonyl (C=O) groups excluding carboxylic acids is 1. The number of rotatable bonds is 3. The van der Waals surface area contributed by atoms with Crippen molar-refractivity contribution in [3.63, 3.8) is 0 Å². The summed E-state index contributed by atoms with van der Waals surface area (Å²) in [5.41, 5.74) is 3.09. The van der Waals surface area contributed by atoms with Gasteiger partial charge in [0.25, 0.3) is 0 Å². The predicted molar refractivity (Wildman–Crippen MR) is 71.9 cm³/mol. The first kappa shape index (κ1) is 11.5. The zero-order chi connectivity index (χ0) is 13.2. The number of fused-ring (bicyclic) bond motifs is 1. The van der Waals surface area contributed by atoms with Crippen LogP contribution in [0.15, 0.2) is 30.7 Å². The van der Waals surface area contributed by atoms with Gasteiger partial charge in [0, 0.05) is 29.7 Å². The molecule has 0 radical (unpaired) electrons. The fourth-order valence-electron chi connectivity index (χ4n) is 2.11. The van der Waals surface area contributed by atoms with Gasteiger partial charge in [0.1, 0.15) is 5.65 Å². The molecule has 1 N–H and O–H groups in total. The highest BCUT2D eigenvalue weighted by atomic mass is 16.1. The van der Waals surface area contributed by atoms with Crippen LogP contribution in [0.4, 0.5) is 0 Å². The second-order valence-corrected chi connectivity index (χ2v) is 4.17. The SMILES string of the molecule is CCc1nc(-c2ccncc2)nc2[nH]cc(C=O)c12. The lowest BCUT2D eigenvalue weighted by molar-refractivity contribution is 0.112. The Kier molecular flexibility index (Phi) is 2.79. The Hall–Kier alpha value is -2.56. The van der Waals surface area contributed by atoms with Crippen molar-refractivity contribution in [2.75, 3.05) is 0 Å². The van der Waals surface area contributed by atoms with E-state index in [0.717, 1.165) is 29.4 Å². The smallest absolute Gasteiger partial charge is 0.161 e. The normalized spacial score (nSPS) is 10.8. The number of pyridine rings is 1. The highest BCUT2D eigenvalue weighted by molar-refractivity contribution is 5.97. The van der Waals surface area contributed by atoms with Crippen LogP contribution in [-0.2, 0) is 6.42 Å². The average Bonchev–Trinajstić information content (AvgIpc) is 2.90. The van der Waals surface area contributed by atoms with E-state index in [2.05, 4.69) is 19.9 Å². The van der Waals surface area contributed by atoms with Crippen molar-refractivity contribution in [3.05, 3.63) is 42.0 Å². The lowest BCUT2D eigenvalue weighted by atomic mass is 10.1. The van der Waals surface area contributed by atoms with Gasteiger partial charge in [-0.2, -0.15) is 0 Å². The fourth-order valence-corrected chi connectivity index (χ4v) is 2.11. The monoisotopic (exact) mass is 252 g/mol. The third-order valence-electron chi connectivity index (χ3n) is 3.04. The lowest BCUT2D eigenvalue weighted by Gasteiger charge is -2.04. The van der Waals surface area contributed by atoms with Crippen LogP contribution in [0.25, 0.3) is 22.4 Å². The Morgan fingerprint density at radius 1 is 1.26 bits per heavy atom. The van der Waals surface area contributed by atoms with Crippen molar-refractivity contribution in [2.24, 2.45) is 0 Å². The molecule has 3 heterocycles. The van der Waals surface area contributed by atoms with E-state index in [4.69, 9.17) is 0 Å².